The SMILES string of the molecule is NC(=O)CCC(N)C(=O)NC(Cc1cnc[nH]1)C(=O)NC(Cc1ccc(O)cc1)C(=O)NC(CC(N)=O)C(=O)O. The van der Waals surface area contributed by atoms with Gasteiger partial charge in [-0.25, -0.2) is 9.78 Å². The van der Waals surface area contributed by atoms with Crippen molar-refractivity contribution >= 4 is 35.5 Å². The highest BCUT2D eigenvalue weighted by Gasteiger charge is 2.31. The molecule has 0 aliphatic rings. The normalized spacial score (nSPS) is 13.7. The van der Waals surface area contributed by atoms with Gasteiger partial charge in [0.2, 0.25) is 29.5 Å². The van der Waals surface area contributed by atoms with Gasteiger partial charge in [-0.3, -0.25) is 24.0 Å². The molecule has 0 radical (unpaired) electrons. The molecule has 0 aliphatic carbocycles. The fraction of sp³-hybridized carbons (Fsp3) is 0.375. The lowest BCUT2D eigenvalue weighted by Gasteiger charge is -2.25. The number of benzene rings is 1. The molecule has 4 atom stereocenters. The predicted octanol–water partition coefficient (Wildman–Crippen LogP) is -3.09. The molecule has 12 N–H and O–H groups in total. The molecule has 4 unspecified atom stereocenters. The maximum absolute atomic E-state index is 13.4. The largest absolute Gasteiger partial charge is 0.508 e. The van der Waals surface area contributed by atoms with Crippen LogP contribution in [0.25, 0.3) is 0 Å². The van der Waals surface area contributed by atoms with Crippen molar-refractivity contribution in [2.45, 2.75) is 56.3 Å². The molecule has 0 bridgehead atoms. The summed E-state index contributed by atoms with van der Waals surface area (Å²) in [6.07, 6.45) is 1.62. The van der Waals surface area contributed by atoms with E-state index in [0.29, 0.717) is 11.3 Å². The minimum Gasteiger partial charge on any atom is -0.508 e. The molecular weight excluding hydrogens is 528 g/mol. The fourth-order valence-corrected chi connectivity index (χ4v) is 3.56. The summed E-state index contributed by atoms with van der Waals surface area (Å²) in [6.45, 7) is 0. The number of H-pyrrole nitrogens is 1. The molecular formula is C24H32N8O8. The van der Waals surface area contributed by atoms with Crippen molar-refractivity contribution in [2.24, 2.45) is 17.2 Å². The molecule has 40 heavy (non-hydrogen) atoms. The molecule has 0 fully saturated rings. The van der Waals surface area contributed by atoms with Crippen LogP contribution < -0.4 is 33.2 Å². The number of carbonyl (C=O) groups is 6. The Morgan fingerprint density at radius 1 is 0.850 bits per heavy atom. The van der Waals surface area contributed by atoms with Gasteiger partial charge in [-0.2, -0.15) is 0 Å². The summed E-state index contributed by atoms with van der Waals surface area (Å²) < 4.78 is 0. The molecule has 2 rings (SSSR count). The number of aromatic amines is 1. The van der Waals surface area contributed by atoms with Gasteiger partial charge in [0, 0.05) is 31.2 Å². The lowest BCUT2D eigenvalue weighted by atomic mass is 10.0. The third kappa shape index (κ3) is 10.4. The molecule has 5 amide bonds. The van der Waals surface area contributed by atoms with E-state index in [4.69, 9.17) is 17.2 Å². The van der Waals surface area contributed by atoms with Crippen molar-refractivity contribution in [2.75, 3.05) is 0 Å². The number of aromatic hydroxyl groups is 1. The number of rotatable bonds is 16. The second-order valence-electron chi connectivity index (χ2n) is 8.96. The van der Waals surface area contributed by atoms with Crippen molar-refractivity contribution in [3.8, 4) is 5.75 Å². The first-order chi connectivity index (χ1) is 18.8. The number of imidazole rings is 1. The van der Waals surface area contributed by atoms with Crippen LogP contribution in [-0.4, -0.2) is 79.9 Å². The molecule has 0 saturated carbocycles. The maximum atomic E-state index is 13.4. The van der Waals surface area contributed by atoms with Crippen LogP contribution in [0.3, 0.4) is 0 Å². The van der Waals surface area contributed by atoms with E-state index in [1.54, 1.807) is 0 Å². The van der Waals surface area contributed by atoms with E-state index in [9.17, 15) is 39.0 Å². The highest BCUT2D eigenvalue weighted by molar-refractivity contribution is 5.95. The Hall–Kier alpha value is -4.99. The van der Waals surface area contributed by atoms with Crippen molar-refractivity contribution in [3.63, 3.8) is 0 Å². The number of hydrogen-bond acceptors (Lipinski definition) is 9. The van der Waals surface area contributed by atoms with Crippen LogP contribution in [0.5, 0.6) is 5.75 Å². The maximum Gasteiger partial charge on any atom is 0.326 e. The standard InChI is InChI=1S/C24H32N8O8/c25-15(5-6-19(26)34)21(36)30-17(8-13-10-28-11-29-13)23(38)31-16(7-12-1-3-14(33)4-2-12)22(37)32-18(24(39)40)9-20(27)35/h1-4,10-11,15-18,33H,5-9,25H2,(H2,26,34)(H2,27,35)(H,28,29)(H,30,36)(H,31,38)(H,32,37)(H,39,40). The van der Waals surface area contributed by atoms with E-state index >= 15 is 0 Å². The van der Waals surface area contributed by atoms with Gasteiger partial charge in [0.25, 0.3) is 0 Å². The Balaban J connectivity index is 2.29. The Morgan fingerprint density at radius 2 is 1.43 bits per heavy atom. The van der Waals surface area contributed by atoms with Crippen molar-refractivity contribution < 1.29 is 39.0 Å². The number of hydrogen-bond donors (Lipinski definition) is 9. The summed E-state index contributed by atoms with van der Waals surface area (Å²) in [7, 11) is 0. The second-order valence-corrected chi connectivity index (χ2v) is 8.96. The predicted molar refractivity (Wildman–Crippen MR) is 138 cm³/mol. The average molecular weight is 561 g/mol. The number of aromatic nitrogens is 2. The smallest absolute Gasteiger partial charge is 0.326 e. The summed E-state index contributed by atoms with van der Waals surface area (Å²) in [4.78, 5) is 79.7. The molecule has 216 valence electrons. The van der Waals surface area contributed by atoms with Crippen LogP contribution in [0, 0.1) is 0 Å². The second kappa shape index (κ2) is 14.8. The minimum atomic E-state index is -1.66. The zero-order valence-corrected chi connectivity index (χ0v) is 21.3. The zero-order chi connectivity index (χ0) is 29.8. The van der Waals surface area contributed by atoms with Gasteiger partial charge >= 0.3 is 5.97 Å². The number of carboxylic acids is 1. The average Bonchev–Trinajstić information content (AvgIpc) is 3.40. The van der Waals surface area contributed by atoms with Gasteiger partial charge in [0.1, 0.15) is 23.9 Å². The van der Waals surface area contributed by atoms with Gasteiger partial charge in [-0.1, -0.05) is 12.1 Å². The summed E-state index contributed by atoms with van der Waals surface area (Å²) in [6, 6.07) is 0.212. The molecule has 0 aliphatic heterocycles. The first kappa shape index (κ1) is 31.2. The quantitative estimate of drug-likeness (QED) is 0.0996. The summed E-state index contributed by atoms with van der Waals surface area (Å²) >= 11 is 0. The van der Waals surface area contributed by atoms with Crippen LogP contribution in [0.4, 0.5) is 0 Å². The molecule has 0 saturated heterocycles. The molecule has 1 aromatic heterocycles. The van der Waals surface area contributed by atoms with Crippen molar-refractivity contribution in [1.29, 1.82) is 0 Å². The summed E-state index contributed by atoms with van der Waals surface area (Å²) in [5, 5.41) is 26.1. The van der Waals surface area contributed by atoms with Crippen LogP contribution in [0.15, 0.2) is 36.8 Å². The van der Waals surface area contributed by atoms with Gasteiger partial charge < -0.3 is 48.3 Å². The van der Waals surface area contributed by atoms with Gasteiger partial charge in [0.15, 0.2) is 0 Å². The molecule has 1 aromatic carbocycles. The Morgan fingerprint density at radius 3 is 1.95 bits per heavy atom. The van der Waals surface area contributed by atoms with E-state index in [0.717, 1.165) is 0 Å². The lowest BCUT2D eigenvalue weighted by molar-refractivity contribution is -0.143. The lowest BCUT2D eigenvalue weighted by Crippen LogP contribution is -2.58. The number of carboxylic acid groups (broad SMARTS) is 1. The topological polar surface area (TPSA) is 286 Å². The number of phenolic OH excluding ortho intramolecular Hbond substituents is 1. The van der Waals surface area contributed by atoms with Gasteiger partial charge in [0.05, 0.1) is 18.8 Å². The Kier molecular flexibility index (Phi) is 11.6. The molecule has 16 nitrogen and oxygen atoms in total. The van der Waals surface area contributed by atoms with E-state index in [1.807, 2.05) is 0 Å². The third-order valence-corrected chi connectivity index (χ3v) is 5.68. The van der Waals surface area contributed by atoms with Crippen molar-refractivity contribution in [1.82, 2.24) is 25.9 Å². The minimum absolute atomic E-state index is 0.0452. The monoisotopic (exact) mass is 560 g/mol. The summed E-state index contributed by atoms with van der Waals surface area (Å²) in [5.74, 6) is -5.72. The number of nitrogens with two attached hydrogens (primary N) is 3. The summed E-state index contributed by atoms with van der Waals surface area (Å²) in [5.41, 5.74) is 17.0. The van der Waals surface area contributed by atoms with Gasteiger partial charge in [-0.15, -0.1) is 0 Å². The molecule has 0 spiro atoms. The van der Waals surface area contributed by atoms with E-state index in [2.05, 4.69) is 25.9 Å². The van der Waals surface area contributed by atoms with Crippen molar-refractivity contribution in [3.05, 3.63) is 48.0 Å². The molecule has 2 aromatic rings. The van der Waals surface area contributed by atoms with Gasteiger partial charge in [-0.05, 0) is 24.1 Å². The molecule has 1 heterocycles. The number of carbonyl (C=O) groups excluding carboxylic acids is 5. The first-order valence-electron chi connectivity index (χ1n) is 12.1. The molecule has 16 heteroatoms. The first-order valence-corrected chi connectivity index (χ1v) is 12.1. The van der Waals surface area contributed by atoms with Crippen LogP contribution in [0.1, 0.15) is 30.5 Å². The number of amides is 5. The Labute approximate surface area is 228 Å². The third-order valence-electron chi connectivity index (χ3n) is 5.68. The fourth-order valence-electron chi connectivity index (χ4n) is 3.56. The van der Waals surface area contributed by atoms with E-state index in [1.165, 1.54) is 36.8 Å². The highest BCUT2D eigenvalue weighted by Crippen LogP contribution is 2.12. The Bertz CT molecular complexity index is 1200. The number of aliphatic carboxylic acids is 1. The van der Waals surface area contributed by atoms with Crippen LogP contribution in [0.2, 0.25) is 0 Å². The number of primary amides is 2. The van der Waals surface area contributed by atoms with Crippen LogP contribution >= 0.6 is 0 Å². The van der Waals surface area contributed by atoms with E-state index in [-0.39, 0.29) is 31.4 Å². The number of nitrogens with one attached hydrogen (secondary N) is 4. The zero-order valence-electron chi connectivity index (χ0n) is 21.3. The number of nitrogens with zero attached hydrogens (tertiary/aromatic N) is 1. The van der Waals surface area contributed by atoms with E-state index < -0.39 is 66.1 Å². The highest BCUT2D eigenvalue weighted by atomic mass is 16.4. The number of phenols is 1. The van der Waals surface area contributed by atoms with Crippen LogP contribution in [-0.2, 0) is 41.6 Å².